The highest BCUT2D eigenvalue weighted by Gasteiger charge is 2.54. The van der Waals surface area contributed by atoms with E-state index in [-0.39, 0.29) is 22.4 Å². The Bertz CT molecular complexity index is 1040. The third kappa shape index (κ3) is 4.22. The molecule has 3 rings (SSSR count). The molecule has 3 atom stereocenters. The Kier molecular flexibility index (Phi) is 6.26. The van der Waals surface area contributed by atoms with E-state index in [1.165, 1.54) is 24.8 Å². The molecular weight excluding hydrogens is 452 g/mol. The Morgan fingerprint density at radius 2 is 2.16 bits per heavy atom. The zero-order chi connectivity index (χ0) is 22.9. The van der Waals surface area contributed by atoms with Crippen molar-refractivity contribution in [2.75, 3.05) is 11.5 Å². The Morgan fingerprint density at radius 3 is 2.71 bits per heavy atom. The van der Waals surface area contributed by atoms with Crippen LogP contribution in [0.15, 0.2) is 29.1 Å². The van der Waals surface area contributed by atoms with Crippen LogP contribution < -0.4 is 11.1 Å². The van der Waals surface area contributed by atoms with Gasteiger partial charge in [-0.05, 0) is 12.5 Å². The van der Waals surface area contributed by atoms with Crippen LogP contribution in [0.5, 0.6) is 0 Å². The van der Waals surface area contributed by atoms with Crippen molar-refractivity contribution in [2.24, 2.45) is 5.16 Å². The highest BCUT2D eigenvalue weighted by Crippen LogP contribution is 2.40. The SMILES string of the molecule is C=CC1=C(C(=O)O)N2C(=O)C(NC(=O)/C(=N\OC(C)C(=O)O)c3nsc(N)n3)[C@H]2SC1. The number of allylic oxidation sites excluding steroid dienone is 1. The van der Waals surface area contributed by atoms with Crippen LogP contribution in [0.4, 0.5) is 5.13 Å². The second kappa shape index (κ2) is 8.73. The number of thioether (sulfide) groups is 1. The van der Waals surface area contributed by atoms with Crippen LogP contribution in [0.3, 0.4) is 0 Å². The number of anilines is 1. The molecule has 13 nitrogen and oxygen atoms in total. The molecule has 2 aliphatic heterocycles. The number of aromatic nitrogens is 2. The van der Waals surface area contributed by atoms with Gasteiger partial charge in [0.05, 0.1) is 0 Å². The molecule has 0 spiro atoms. The highest BCUT2D eigenvalue weighted by molar-refractivity contribution is 8.00. The minimum absolute atomic E-state index is 0.0312. The maximum Gasteiger partial charge on any atom is 0.352 e. The molecule has 3 heterocycles. The van der Waals surface area contributed by atoms with Crippen LogP contribution >= 0.6 is 23.3 Å². The number of β-lactam (4-membered cyclic amide) rings is 1. The van der Waals surface area contributed by atoms with E-state index < -0.39 is 47.0 Å². The van der Waals surface area contributed by atoms with Crippen molar-refractivity contribution < 1.29 is 34.2 Å². The molecular formula is C16H16N6O7S2. The van der Waals surface area contributed by atoms with E-state index in [4.69, 9.17) is 15.7 Å². The third-order valence-corrected chi connectivity index (χ3v) is 6.10. The molecule has 15 heteroatoms. The topological polar surface area (TPSA) is 197 Å². The Balaban J connectivity index is 1.82. The Hall–Kier alpha value is -3.46. The van der Waals surface area contributed by atoms with Gasteiger partial charge in [-0.25, -0.2) is 9.59 Å². The summed E-state index contributed by atoms with van der Waals surface area (Å²) in [6, 6.07) is -1.05. The largest absolute Gasteiger partial charge is 0.478 e. The number of nitrogens with zero attached hydrogens (tertiary/aromatic N) is 4. The number of nitrogens with two attached hydrogens (primary N) is 1. The average Bonchev–Trinajstić information content (AvgIpc) is 3.16. The summed E-state index contributed by atoms with van der Waals surface area (Å²) in [5, 5.41) is 23.7. The molecule has 2 aliphatic rings. The molecule has 1 saturated heterocycles. The van der Waals surface area contributed by atoms with Gasteiger partial charge in [-0.15, -0.1) is 11.8 Å². The predicted molar refractivity (Wildman–Crippen MR) is 109 cm³/mol. The fourth-order valence-electron chi connectivity index (χ4n) is 2.70. The van der Waals surface area contributed by atoms with E-state index in [1.54, 1.807) is 0 Å². The average molecular weight is 468 g/mol. The number of carboxylic acid groups (broad SMARTS) is 2. The smallest absolute Gasteiger partial charge is 0.352 e. The number of oxime groups is 1. The maximum atomic E-state index is 12.8. The lowest BCUT2D eigenvalue weighted by Crippen LogP contribution is -2.71. The van der Waals surface area contributed by atoms with E-state index in [1.807, 2.05) is 0 Å². The molecule has 1 aromatic rings. The van der Waals surface area contributed by atoms with E-state index in [9.17, 15) is 24.3 Å². The lowest BCUT2D eigenvalue weighted by atomic mass is 10.0. The van der Waals surface area contributed by atoms with Gasteiger partial charge in [0.25, 0.3) is 11.8 Å². The molecule has 164 valence electrons. The van der Waals surface area contributed by atoms with Crippen LogP contribution in [0, 0.1) is 0 Å². The van der Waals surface area contributed by atoms with Gasteiger partial charge in [-0.2, -0.15) is 9.36 Å². The molecule has 0 aromatic carbocycles. The molecule has 0 radical (unpaired) electrons. The molecule has 31 heavy (non-hydrogen) atoms. The summed E-state index contributed by atoms with van der Waals surface area (Å²) < 4.78 is 3.86. The van der Waals surface area contributed by atoms with E-state index >= 15 is 0 Å². The van der Waals surface area contributed by atoms with Crippen molar-refractivity contribution in [3.63, 3.8) is 0 Å². The summed E-state index contributed by atoms with van der Waals surface area (Å²) in [6.07, 6.45) is 0.00435. The number of fused-ring (bicyclic) bond motifs is 1. The van der Waals surface area contributed by atoms with Gasteiger partial charge in [-0.3, -0.25) is 14.5 Å². The molecule has 2 amide bonds. The number of nitrogens with one attached hydrogen (secondary N) is 1. The summed E-state index contributed by atoms with van der Waals surface area (Å²) in [7, 11) is 0. The highest BCUT2D eigenvalue weighted by atomic mass is 32.2. The van der Waals surface area contributed by atoms with Crippen LogP contribution in [-0.2, 0) is 24.0 Å². The zero-order valence-electron chi connectivity index (χ0n) is 15.8. The van der Waals surface area contributed by atoms with Crippen LogP contribution in [0.2, 0.25) is 0 Å². The van der Waals surface area contributed by atoms with Crippen molar-refractivity contribution in [2.45, 2.75) is 24.4 Å². The second-order valence-corrected chi connectivity index (χ2v) is 8.11. The van der Waals surface area contributed by atoms with Gasteiger partial charge < -0.3 is 26.1 Å². The summed E-state index contributed by atoms with van der Waals surface area (Å²) in [5.74, 6) is -4.06. The zero-order valence-corrected chi connectivity index (χ0v) is 17.5. The third-order valence-electron chi connectivity index (χ3n) is 4.25. The summed E-state index contributed by atoms with van der Waals surface area (Å²) in [6.45, 7) is 4.76. The van der Waals surface area contributed by atoms with Crippen molar-refractivity contribution >= 4 is 57.9 Å². The number of hydrogen-bond donors (Lipinski definition) is 4. The Morgan fingerprint density at radius 1 is 1.45 bits per heavy atom. The van der Waals surface area contributed by atoms with Gasteiger partial charge in [0.15, 0.2) is 5.13 Å². The first kappa shape index (κ1) is 22.2. The summed E-state index contributed by atoms with van der Waals surface area (Å²) in [4.78, 5) is 57.6. The monoisotopic (exact) mass is 468 g/mol. The number of rotatable bonds is 8. The minimum Gasteiger partial charge on any atom is -0.478 e. The first-order valence-electron chi connectivity index (χ1n) is 8.56. The van der Waals surface area contributed by atoms with Gasteiger partial charge in [0.1, 0.15) is 17.1 Å². The molecule has 5 N–H and O–H groups in total. The lowest BCUT2D eigenvalue weighted by molar-refractivity contribution is -0.150. The van der Waals surface area contributed by atoms with Gasteiger partial charge >= 0.3 is 11.9 Å². The van der Waals surface area contributed by atoms with Crippen molar-refractivity contribution in [1.82, 2.24) is 19.6 Å². The van der Waals surface area contributed by atoms with Crippen LogP contribution in [0.25, 0.3) is 0 Å². The molecule has 0 bridgehead atoms. The number of hydrogen-bond acceptors (Lipinski definition) is 11. The summed E-state index contributed by atoms with van der Waals surface area (Å²) in [5.41, 5.74) is 5.26. The summed E-state index contributed by atoms with van der Waals surface area (Å²) >= 11 is 2.03. The molecule has 1 aromatic heterocycles. The molecule has 2 unspecified atom stereocenters. The van der Waals surface area contributed by atoms with E-state index in [2.05, 4.69) is 26.4 Å². The van der Waals surface area contributed by atoms with Crippen molar-refractivity contribution in [1.29, 1.82) is 0 Å². The van der Waals surface area contributed by atoms with Gasteiger partial charge in [-0.1, -0.05) is 17.8 Å². The van der Waals surface area contributed by atoms with E-state index in [0.717, 1.165) is 16.4 Å². The number of carbonyl (C=O) groups is 4. The fraction of sp³-hybridized carbons (Fsp3) is 0.312. The Labute approximate surface area is 182 Å². The van der Waals surface area contributed by atoms with E-state index in [0.29, 0.717) is 5.57 Å². The normalized spacial score (nSPS) is 21.6. The van der Waals surface area contributed by atoms with Crippen LogP contribution in [-0.4, -0.2) is 77.2 Å². The fourth-order valence-corrected chi connectivity index (χ4v) is 4.48. The number of carboxylic acids is 2. The first-order valence-corrected chi connectivity index (χ1v) is 10.4. The van der Waals surface area contributed by atoms with Gasteiger partial charge in [0.2, 0.25) is 17.6 Å². The van der Waals surface area contributed by atoms with Gasteiger partial charge in [0, 0.05) is 17.3 Å². The predicted octanol–water partition coefficient (Wildman–Crippen LogP) is -0.761. The second-order valence-electron chi connectivity index (χ2n) is 6.23. The van der Waals surface area contributed by atoms with Crippen molar-refractivity contribution in [3.05, 3.63) is 29.7 Å². The molecule has 0 aliphatic carbocycles. The molecule has 1 fully saturated rings. The van der Waals surface area contributed by atoms with Crippen molar-refractivity contribution in [3.8, 4) is 0 Å². The standard InChI is InChI=1S/C16H16N6O7S2/c1-3-6-4-30-13-8(12(24)22(13)9(6)15(27)28)18-11(23)7(10-19-16(17)31-21-10)20-29-5(2)14(25)26/h3,5,8,13H,1,4H2,2H3,(H,18,23)(H,25,26)(H,27,28)(H2,17,19,21)/b20-7-/t5?,8?,13-/m1/s1. The number of amides is 2. The number of carbonyl (C=O) groups excluding carboxylic acids is 2. The quantitative estimate of drug-likeness (QED) is 0.212. The minimum atomic E-state index is -1.37. The number of nitrogen functional groups attached to an aromatic ring is 1. The maximum absolute atomic E-state index is 12.8. The molecule has 0 saturated carbocycles. The first-order chi connectivity index (χ1) is 14.6. The number of aliphatic carboxylic acids is 2. The van der Waals surface area contributed by atoms with Crippen LogP contribution in [0.1, 0.15) is 12.7 Å². The lowest BCUT2D eigenvalue weighted by Gasteiger charge is -2.49.